The second-order valence-corrected chi connectivity index (χ2v) is 12.8. The molecule has 0 fully saturated rings. The van der Waals surface area contributed by atoms with Crippen LogP contribution < -0.4 is 9.47 Å². The summed E-state index contributed by atoms with van der Waals surface area (Å²) in [5, 5.41) is 0. The summed E-state index contributed by atoms with van der Waals surface area (Å²) in [6.07, 6.45) is 0.179. The van der Waals surface area contributed by atoms with Crippen LogP contribution in [0.2, 0.25) is 0 Å². The van der Waals surface area contributed by atoms with Crippen LogP contribution in [0.5, 0.6) is 11.5 Å². The molecule has 3 nitrogen and oxygen atoms in total. The number of ether oxygens (including phenoxy) is 2. The van der Waals surface area contributed by atoms with E-state index < -0.39 is 0 Å². The minimum absolute atomic E-state index is 0.179. The highest BCUT2D eigenvalue weighted by Gasteiger charge is 2.28. The third-order valence-corrected chi connectivity index (χ3v) is 9.23. The molecule has 0 N–H and O–H groups in total. The quantitative estimate of drug-likeness (QED) is 0.0786. The third kappa shape index (κ3) is 6.88. The van der Waals surface area contributed by atoms with Gasteiger partial charge in [-0.15, -0.1) is 0 Å². The molecular formula is C27H20I3O3S+. The molecule has 7 heteroatoms. The number of esters is 1. The Labute approximate surface area is 243 Å². The Morgan fingerprint density at radius 1 is 0.706 bits per heavy atom. The third-order valence-electron chi connectivity index (χ3n) is 4.77. The summed E-state index contributed by atoms with van der Waals surface area (Å²) >= 11 is 6.64. The zero-order valence-corrected chi connectivity index (χ0v) is 25.2. The average Bonchev–Trinajstić information content (AvgIpc) is 2.84. The first-order valence-electron chi connectivity index (χ1n) is 10.4. The van der Waals surface area contributed by atoms with E-state index in [4.69, 9.17) is 9.47 Å². The van der Waals surface area contributed by atoms with Gasteiger partial charge in [-0.1, -0.05) is 36.4 Å². The minimum Gasteiger partial charge on any atom is -0.493 e. The van der Waals surface area contributed by atoms with Gasteiger partial charge in [0.1, 0.15) is 5.75 Å². The number of hydrogen-bond acceptors (Lipinski definition) is 3. The van der Waals surface area contributed by atoms with E-state index in [9.17, 15) is 4.79 Å². The number of halogens is 3. The van der Waals surface area contributed by atoms with Crippen LogP contribution in [0.3, 0.4) is 0 Å². The summed E-state index contributed by atoms with van der Waals surface area (Å²) in [6, 6.07) is 33.2. The van der Waals surface area contributed by atoms with Gasteiger partial charge in [-0.05, 0) is 128 Å². The van der Waals surface area contributed by atoms with E-state index in [0.717, 1.165) is 16.5 Å². The van der Waals surface area contributed by atoms with Crippen LogP contribution >= 0.6 is 67.8 Å². The molecule has 4 aromatic carbocycles. The van der Waals surface area contributed by atoms with E-state index in [0.29, 0.717) is 5.75 Å². The van der Waals surface area contributed by atoms with Gasteiger partial charge in [-0.2, -0.15) is 0 Å². The molecule has 4 rings (SSSR count). The molecule has 0 aliphatic heterocycles. The minimum atomic E-state index is -0.302. The van der Waals surface area contributed by atoms with Gasteiger partial charge in [-0.3, -0.25) is 4.79 Å². The van der Waals surface area contributed by atoms with Crippen molar-refractivity contribution in [1.29, 1.82) is 0 Å². The van der Waals surface area contributed by atoms with E-state index in [1.54, 1.807) is 0 Å². The molecule has 0 saturated heterocycles. The molecule has 0 aliphatic carbocycles. The maximum absolute atomic E-state index is 12.3. The molecule has 0 bridgehead atoms. The van der Waals surface area contributed by atoms with Crippen LogP contribution in [0, 0.1) is 10.7 Å². The first-order chi connectivity index (χ1) is 16.5. The van der Waals surface area contributed by atoms with Crippen LogP contribution in [0.1, 0.15) is 6.42 Å². The Bertz CT molecular complexity index is 1190. The molecule has 0 spiro atoms. The molecule has 0 heterocycles. The lowest BCUT2D eigenvalue weighted by Gasteiger charge is -2.11. The number of carbonyl (C=O) groups is 1. The second-order valence-electron chi connectivity index (χ2n) is 7.17. The predicted molar refractivity (Wildman–Crippen MR) is 162 cm³/mol. The molecule has 34 heavy (non-hydrogen) atoms. The fraction of sp³-hybridized carbons (Fsp3) is 0.0741. The normalized spacial score (nSPS) is 10.8. The van der Waals surface area contributed by atoms with Crippen molar-refractivity contribution in [3.63, 3.8) is 0 Å². The van der Waals surface area contributed by atoms with Crippen LogP contribution in [-0.4, -0.2) is 12.6 Å². The Balaban J connectivity index is 1.39. The molecule has 4 aromatic rings. The van der Waals surface area contributed by atoms with Crippen molar-refractivity contribution in [1.82, 2.24) is 0 Å². The van der Waals surface area contributed by atoms with Crippen LogP contribution in [0.25, 0.3) is 0 Å². The van der Waals surface area contributed by atoms with Crippen molar-refractivity contribution in [2.75, 3.05) is 6.61 Å². The Morgan fingerprint density at radius 2 is 1.21 bits per heavy atom. The zero-order valence-electron chi connectivity index (χ0n) is 17.9. The summed E-state index contributed by atoms with van der Waals surface area (Å²) in [6.45, 7) is 0.263. The van der Waals surface area contributed by atoms with Crippen molar-refractivity contribution in [3.8, 4) is 11.5 Å². The van der Waals surface area contributed by atoms with Crippen LogP contribution in [0.15, 0.2) is 112 Å². The molecule has 0 radical (unpaired) electrons. The van der Waals surface area contributed by atoms with Crippen LogP contribution in [-0.2, 0) is 15.7 Å². The topological polar surface area (TPSA) is 35.5 Å². The maximum atomic E-state index is 12.3. The molecular weight excluding hydrogens is 785 g/mol. The van der Waals surface area contributed by atoms with E-state index in [1.165, 1.54) is 14.7 Å². The maximum Gasteiger partial charge on any atom is 0.314 e. The number of rotatable bonds is 8. The molecule has 0 unspecified atom stereocenters. The monoisotopic (exact) mass is 805 g/mol. The lowest BCUT2D eigenvalue weighted by Crippen LogP contribution is -2.14. The van der Waals surface area contributed by atoms with Crippen molar-refractivity contribution in [3.05, 3.63) is 108 Å². The Kier molecular flexibility index (Phi) is 9.54. The Hall–Kier alpha value is -1.31. The van der Waals surface area contributed by atoms with Gasteiger partial charge in [-0.25, -0.2) is 0 Å². The van der Waals surface area contributed by atoms with Gasteiger partial charge in [0.15, 0.2) is 20.4 Å². The van der Waals surface area contributed by atoms with Crippen LogP contribution in [0.4, 0.5) is 0 Å². The van der Waals surface area contributed by atoms with Crippen molar-refractivity contribution in [2.24, 2.45) is 0 Å². The van der Waals surface area contributed by atoms with E-state index >= 15 is 0 Å². The van der Waals surface area contributed by atoms with Gasteiger partial charge in [0.05, 0.1) is 31.1 Å². The van der Waals surface area contributed by atoms with E-state index in [2.05, 4.69) is 128 Å². The molecule has 0 aliphatic rings. The number of carbonyl (C=O) groups excluding carboxylic acids is 1. The predicted octanol–water partition coefficient (Wildman–Crippen LogP) is 7.97. The first kappa shape index (κ1) is 25.8. The van der Waals surface area contributed by atoms with Gasteiger partial charge in [0.2, 0.25) is 0 Å². The summed E-state index contributed by atoms with van der Waals surface area (Å²) in [4.78, 5) is 16.1. The summed E-state index contributed by atoms with van der Waals surface area (Å²) in [5.41, 5.74) is 0. The Morgan fingerprint density at radius 3 is 1.74 bits per heavy atom. The smallest absolute Gasteiger partial charge is 0.314 e. The zero-order chi connectivity index (χ0) is 23.9. The highest BCUT2D eigenvalue weighted by atomic mass is 127. The van der Waals surface area contributed by atoms with Gasteiger partial charge in [0, 0.05) is 3.57 Å². The lowest BCUT2D eigenvalue weighted by atomic mass is 10.3. The number of hydrogen-bond donors (Lipinski definition) is 0. The average molecular weight is 805 g/mol. The molecule has 0 amide bonds. The summed E-state index contributed by atoms with van der Waals surface area (Å²) < 4.78 is 14.4. The van der Waals surface area contributed by atoms with Gasteiger partial charge in [0.25, 0.3) is 0 Å². The summed E-state index contributed by atoms with van der Waals surface area (Å²) in [7, 11) is -0.197. The molecule has 0 aromatic heterocycles. The van der Waals surface area contributed by atoms with Crippen molar-refractivity contribution >= 4 is 84.6 Å². The first-order valence-corrected chi connectivity index (χ1v) is 14.9. The fourth-order valence-corrected chi connectivity index (χ4v) is 9.12. The highest BCUT2D eigenvalue weighted by Crippen LogP contribution is 2.32. The van der Waals surface area contributed by atoms with Crippen molar-refractivity contribution in [2.45, 2.75) is 21.1 Å². The van der Waals surface area contributed by atoms with Gasteiger partial charge >= 0.3 is 5.97 Å². The molecule has 0 saturated carbocycles. The van der Waals surface area contributed by atoms with Gasteiger partial charge < -0.3 is 9.47 Å². The molecule has 0 atom stereocenters. The van der Waals surface area contributed by atoms with E-state index in [-0.39, 0.29) is 29.9 Å². The fourth-order valence-electron chi connectivity index (χ4n) is 3.24. The summed E-state index contributed by atoms with van der Waals surface area (Å²) in [5.74, 6) is 1.05. The second kappa shape index (κ2) is 12.6. The standard InChI is InChI=1S/C27H20I3O3S/c28-19-17-24(29)27(25(30)18-19)33-26(31)15-16-32-20-11-13-23(14-12-20)34(21-7-3-1-4-8-21)22-9-5-2-6-10-22/h1-14,17-18H,15-16H2/q+1. The van der Waals surface area contributed by atoms with Crippen molar-refractivity contribution < 1.29 is 14.3 Å². The number of benzene rings is 4. The van der Waals surface area contributed by atoms with E-state index in [1.807, 2.05) is 36.4 Å². The SMILES string of the molecule is O=C(CCOc1ccc([S+](c2ccccc2)c2ccccc2)cc1)Oc1c(I)cc(I)cc1I. The largest absolute Gasteiger partial charge is 0.493 e. The lowest BCUT2D eigenvalue weighted by molar-refractivity contribution is -0.135. The highest BCUT2D eigenvalue weighted by molar-refractivity contribution is 14.1. The molecule has 172 valence electrons.